The van der Waals surface area contributed by atoms with E-state index in [9.17, 15) is 5.11 Å². The minimum atomic E-state index is -0.570. The van der Waals surface area contributed by atoms with Crippen molar-refractivity contribution in [3.8, 4) is 0 Å². The van der Waals surface area contributed by atoms with Gasteiger partial charge in [-0.2, -0.15) is 0 Å². The van der Waals surface area contributed by atoms with E-state index in [1.54, 1.807) is 0 Å². The molecule has 1 aromatic rings. The van der Waals surface area contributed by atoms with E-state index in [1.165, 1.54) is 11.3 Å². The first-order valence-corrected chi connectivity index (χ1v) is 6.04. The largest absolute Gasteiger partial charge is 0.386 e. The molecule has 5 nitrogen and oxygen atoms in total. The quantitative estimate of drug-likeness (QED) is 0.743. The molecule has 0 spiro atoms. The summed E-state index contributed by atoms with van der Waals surface area (Å²) in [5.41, 5.74) is 1.83. The number of rotatable bonds is 1. The zero-order valence-corrected chi connectivity index (χ0v) is 10.3. The van der Waals surface area contributed by atoms with Crippen molar-refractivity contribution in [1.82, 2.24) is 14.9 Å². The van der Waals surface area contributed by atoms with Gasteiger partial charge in [0.15, 0.2) is 0 Å². The number of fused-ring (bicyclic) bond motifs is 1. The summed E-state index contributed by atoms with van der Waals surface area (Å²) in [7, 11) is 2.11. The number of aliphatic hydroxyl groups is 1. The highest BCUT2D eigenvalue weighted by molar-refractivity contribution is 5.39. The molecule has 17 heavy (non-hydrogen) atoms. The van der Waals surface area contributed by atoms with Crippen LogP contribution in [0.2, 0.25) is 0 Å². The molecule has 0 atom stereocenters. The highest BCUT2D eigenvalue weighted by atomic mass is 16.3. The van der Waals surface area contributed by atoms with Gasteiger partial charge in [0.25, 0.3) is 0 Å². The average Bonchev–Trinajstić information content (AvgIpc) is 2.25. The highest BCUT2D eigenvalue weighted by Crippen LogP contribution is 2.25. The highest BCUT2D eigenvalue weighted by Gasteiger charge is 2.38. The zero-order valence-electron chi connectivity index (χ0n) is 10.3. The lowest BCUT2D eigenvalue weighted by Gasteiger charge is -2.44. The van der Waals surface area contributed by atoms with E-state index in [-0.39, 0.29) is 0 Å². The predicted octanol–water partition coefficient (Wildman–Crippen LogP) is 0.0355. The van der Waals surface area contributed by atoms with E-state index in [0.717, 1.165) is 25.5 Å². The van der Waals surface area contributed by atoms with E-state index in [2.05, 4.69) is 21.9 Å². The van der Waals surface area contributed by atoms with Crippen LogP contribution in [0.1, 0.15) is 18.2 Å². The molecule has 0 aliphatic carbocycles. The van der Waals surface area contributed by atoms with E-state index in [4.69, 9.17) is 0 Å². The summed E-state index contributed by atoms with van der Waals surface area (Å²) in [6.45, 7) is 5.10. The van der Waals surface area contributed by atoms with Crippen molar-refractivity contribution < 1.29 is 5.11 Å². The van der Waals surface area contributed by atoms with Crippen molar-refractivity contribution in [3.63, 3.8) is 0 Å². The average molecular weight is 234 g/mol. The van der Waals surface area contributed by atoms with Crippen LogP contribution in [0.15, 0.2) is 6.20 Å². The maximum atomic E-state index is 9.71. The molecule has 1 N–H and O–H groups in total. The minimum Gasteiger partial charge on any atom is -0.386 e. The Balaban J connectivity index is 1.80. The third-order valence-electron chi connectivity index (χ3n) is 3.46. The van der Waals surface area contributed by atoms with E-state index >= 15 is 0 Å². The van der Waals surface area contributed by atoms with Crippen LogP contribution >= 0.6 is 0 Å². The van der Waals surface area contributed by atoms with Gasteiger partial charge < -0.3 is 14.9 Å². The molecule has 92 valence electrons. The Kier molecular flexibility index (Phi) is 2.34. The van der Waals surface area contributed by atoms with Crippen LogP contribution in [0, 0.1) is 0 Å². The monoisotopic (exact) mass is 234 g/mol. The Bertz CT molecular complexity index is 438. The number of anilines is 1. The van der Waals surface area contributed by atoms with Crippen molar-refractivity contribution in [2.75, 3.05) is 31.6 Å². The first-order chi connectivity index (χ1) is 8.03. The fraction of sp³-hybridized carbons (Fsp3) is 0.667. The Morgan fingerprint density at radius 2 is 2.18 bits per heavy atom. The summed E-state index contributed by atoms with van der Waals surface area (Å²) in [6.07, 6.45) is 2.92. The molecule has 3 rings (SSSR count). The lowest BCUT2D eigenvalue weighted by molar-refractivity contribution is 0.0299. The summed E-state index contributed by atoms with van der Waals surface area (Å²) in [4.78, 5) is 13.3. The van der Waals surface area contributed by atoms with Crippen LogP contribution < -0.4 is 4.90 Å². The molecule has 2 aliphatic rings. The third-order valence-corrected chi connectivity index (χ3v) is 3.46. The number of β-amino-alcohol motifs (C(OH)–C–C–N with tert-alkyl or cyclic N) is 1. The lowest BCUT2D eigenvalue weighted by Crippen LogP contribution is -2.60. The number of likely N-dealkylation sites (N-methyl/N-ethyl adjacent to an activating group) is 1. The molecule has 0 unspecified atom stereocenters. The van der Waals surface area contributed by atoms with Crippen LogP contribution in [0.5, 0.6) is 0 Å². The molecule has 3 heterocycles. The summed E-state index contributed by atoms with van der Waals surface area (Å²) in [5.74, 6) is 0.764. The minimum absolute atomic E-state index is 0.570. The van der Waals surface area contributed by atoms with Crippen LogP contribution in [0.4, 0.5) is 5.95 Å². The summed E-state index contributed by atoms with van der Waals surface area (Å²) < 4.78 is 0. The fourth-order valence-corrected chi connectivity index (χ4v) is 2.52. The van der Waals surface area contributed by atoms with Gasteiger partial charge in [0.2, 0.25) is 5.95 Å². The van der Waals surface area contributed by atoms with Crippen molar-refractivity contribution in [2.45, 2.75) is 25.5 Å². The molecular weight excluding hydrogens is 216 g/mol. The van der Waals surface area contributed by atoms with Gasteiger partial charge in [0.1, 0.15) is 0 Å². The van der Waals surface area contributed by atoms with Gasteiger partial charge in [0, 0.05) is 31.3 Å². The topological polar surface area (TPSA) is 52.5 Å². The second-order valence-corrected chi connectivity index (χ2v) is 5.48. The molecule has 0 saturated carbocycles. The van der Waals surface area contributed by atoms with Crippen LogP contribution in [0.25, 0.3) is 0 Å². The van der Waals surface area contributed by atoms with Gasteiger partial charge in [-0.05, 0) is 14.0 Å². The number of aromatic nitrogens is 2. The first-order valence-electron chi connectivity index (χ1n) is 6.04. The SMILES string of the molecule is CN1CCc2nc(N3CC(C)(O)C3)ncc2C1. The van der Waals surface area contributed by atoms with Gasteiger partial charge in [-0.15, -0.1) is 0 Å². The number of hydrogen-bond donors (Lipinski definition) is 1. The fourth-order valence-electron chi connectivity index (χ4n) is 2.52. The van der Waals surface area contributed by atoms with Crippen molar-refractivity contribution in [1.29, 1.82) is 0 Å². The van der Waals surface area contributed by atoms with Crippen molar-refractivity contribution in [2.24, 2.45) is 0 Å². The standard InChI is InChI=1S/C12H18N4O/c1-12(17)7-16(8-12)11-13-5-9-6-15(2)4-3-10(9)14-11/h5,17H,3-4,6-8H2,1-2H3. The first kappa shape index (κ1) is 10.9. The zero-order chi connectivity index (χ0) is 12.0. The summed E-state index contributed by atoms with van der Waals surface area (Å²) in [5, 5.41) is 9.71. The van der Waals surface area contributed by atoms with Crippen LogP contribution in [-0.2, 0) is 13.0 Å². The van der Waals surface area contributed by atoms with Gasteiger partial charge in [-0.3, -0.25) is 0 Å². The molecule has 0 amide bonds. The van der Waals surface area contributed by atoms with E-state index in [0.29, 0.717) is 13.1 Å². The Morgan fingerprint density at radius 1 is 1.41 bits per heavy atom. The molecule has 0 aromatic carbocycles. The molecule has 1 saturated heterocycles. The second kappa shape index (κ2) is 3.65. The summed E-state index contributed by atoms with van der Waals surface area (Å²) >= 11 is 0. The van der Waals surface area contributed by atoms with Crippen molar-refractivity contribution in [3.05, 3.63) is 17.5 Å². The Morgan fingerprint density at radius 3 is 2.88 bits per heavy atom. The Hall–Kier alpha value is -1.20. The maximum Gasteiger partial charge on any atom is 0.225 e. The normalized spacial score (nSPS) is 23.1. The second-order valence-electron chi connectivity index (χ2n) is 5.48. The summed E-state index contributed by atoms with van der Waals surface area (Å²) in [6, 6.07) is 0. The molecule has 0 radical (unpaired) electrons. The van der Waals surface area contributed by atoms with Gasteiger partial charge >= 0.3 is 0 Å². The molecule has 1 aromatic heterocycles. The van der Waals surface area contributed by atoms with Crippen molar-refractivity contribution >= 4 is 5.95 Å². The maximum absolute atomic E-state index is 9.71. The Labute approximate surface area is 101 Å². The van der Waals surface area contributed by atoms with E-state index in [1.807, 2.05) is 18.0 Å². The number of hydrogen-bond acceptors (Lipinski definition) is 5. The van der Waals surface area contributed by atoms with Gasteiger partial charge in [-0.1, -0.05) is 0 Å². The number of nitrogens with zero attached hydrogens (tertiary/aromatic N) is 4. The predicted molar refractivity (Wildman–Crippen MR) is 64.9 cm³/mol. The lowest BCUT2D eigenvalue weighted by atomic mass is 9.98. The molecule has 1 fully saturated rings. The molecule has 5 heteroatoms. The van der Waals surface area contributed by atoms with Gasteiger partial charge in [-0.25, -0.2) is 9.97 Å². The van der Waals surface area contributed by atoms with E-state index < -0.39 is 5.60 Å². The molecule has 2 aliphatic heterocycles. The third kappa shape index (κ3) is 2.00. The van der Waals surface area contributed by atoms with Crippen LogP contribution in [-0.4, -0.2) is 52.3 Å². The van der Waals surface area contributed by atoms with Gasteiger partial charge in [0.05, 0.1) is 24.4 Å². The van der Waals surface area contributed by atoms with Crippen LogP contribution in [0.3, 0.4) is 0 Å². The molecule has 0 bridgehead atoms. The smallest absolute Gasteiger partial charge is 0.225 e. The molecular formula is C12H18N4O.